The van der Waals surface area contributed by atoms with Gasteiger partial charge in [-0.15, -0.1) is 0 Å². The molecular weight excluding hydrogens is 254 g/mol. The lowest BCUT2D eigenvalue weighted by atomic mass is 9.86. The second kappa shape index (κ2) is 4.20. The molecule has 2 aliphatic heterocycles. The van der Waals surface area contributed by atoms with E-state index in [-0.39, 0.29) is 17.7 Å². The highest BCUT2D eigenvalue weighted by Crippen LogP contribution is 2.40. The van der Waals surface area contributed by atoms with Gasteiger partial charge in [-0.3, -0.25) is 14.9 Å². The van der Waals surface area contributed by atoms with Gasteiger partial charge in [0.15, 0.2) is 0 Å². The number of allylic oxidation sites excluding steroid dienone is 1. The van der Waals surface area contributed by atoms with E-state index in [2.05, 4.69) is 23.5 Å². The van der Waals surface area contributed by atoms with Crippen molar-refractivity contribution in [2.75, 3.05) is 6.61 Å². The molecule has 1 aliphatic carbocycles. The molecule has 102 valence electrons. The highest BCUT2D eigenvalue weighted by atomic mass is 16.5. The number of benzene rings is 1. The zero-order valence-corrected chi connectivity index (χ0v) is 11.1. The first kappa shape index (κ1) is 11.7. The van der Waals surface area contributed by atoms with Crippen LogP contribution < -0.4 is 10.1 Å². The van der Waals surface area contributed by atoms with Gasteiger partial charge in [0.25, 0.3) is 0 Å². The van der Waals surface area contributed by atoms with Gasteiger partial charge in [-0.1, -0.05) is 6.08 Å². The van der Waals surface area contributed by atoms with Crippen molar-refractivity contribution in [1.82, 2.24) is 5.32 Å². The van der Waals surface area contributed by atoms with E-state index in [1.165, 1.54) is 16.7 Å². The maximum absolute atomic E-state index is 12.0. The van der Waals surface area contributed by atoms with Gasteiger partial charge >= 0.3 is 0 Å². The van der Waals surface area contributed by atoms with E-state index in [4.69, 9.17) is 4.74 Å². The summed E-state index contributed by atoms with van der Waals surface area (Å²) in [6.07, 6.45) is 4.95. The monoisotopic (exact) mass is 269 g/mol. The molecule has 0 aromatic heterocycles. The highest BCUT2D eigenvalue weighted by Gasteiger charge is 2.33. The maximum Gasteiger partial charge on any atom is 0.234 e. The third-order valence-electron chi connectivity index (χ3n) is 4.38. The van der Waals surface area contributed by atoms with Gasteiger partial charge in [0, 0.05) is 12.8 Å². The van der Waals surface area contributed by atoms with Gasteiger partial charge < -0.3 is 4.74 Å². The average Bonchev–Trinajstić information content (AvgIpc) is 3.02. The molecule has 0 saturated carbocycles. The molecule has 2 amide bonds. The number of piperidine rings is 1. The van der Waals surface area contributed by atoms with Crippen LogP contribution in [-0.2, 0) is 22.4 Å². The molecule has 0 radical (unpaired) electrons. The highest BCUT2D eigenvalue weighted by molar-refractivity contribution is 6.04. The first-order chi connectivity index (χ1) is 9.72. The lowest BCUT2D eigenvalue weighted by molar-refractivity contribution is -0.134. The molecule has 3 aliphatic rings. The predicted octanol–water partition coefficient (Wildman–Crippen LogP) is 1.61. The van der Waals surface area contributed by atoms with Crippen molar-refractivity contribution in [3.63, 3.8) is 0 Å². The Labute approximate surface area is 116 Å². The number of imide groups is 1. The molecule has 2 heterocycles. The topological polar surface area (TPSA) is 55.4 Å². The number of carbonyl (C=O) groups is 2. The van der Waals surface area contributed by atoms with Crippen molar-refractivity contribution in [2.24, 2.45) is 5.92 Å². The average molecular weight is 269 g/mol. The molecule has 1 aromatic carbocycles. The van der Waals surface area contributed by atoms with E-state index in [1.807, 2.05) is 0 Å². The van der Waals surface area contributed by atoms with Gasteiger partial charge in [0.1, 0.15) is 5.75 Å². The molecule has 4 nitrogen and oxygen atoms in total. The molecule has 1 fully saturated rings. The maximum atomic E-state index is 12.0. The van der Waals surface area contributed by atoms with Gasteiger partial charge in [-0.05, 0) is 47.2 Å². The second-order valence-electron chi connectivity index (χ2n) is 5.58. The van der Waals surface area contributed by atoms with Crippen LogP contribution in [0.25, 0.3) is 5.57 Å². The zero-order chi connectivity index (χ0) is 13.7. The van der Waals surface area contributed by atoms with Crippen LogP contribution in [-0.4, -0.2) is 18.4 Å². The molecule has 20 heavy (non-hydrogen) atoms. The van der Waals surface area contributed by atoms with Crippen molar-refractivity contribution < 1.29 is 14.3 Å². The fourth-order valence-electron chi connectivity index (χ4n) is 3.36. The third-order valence-corrected chi connectivity index (χ3v) is 4.38. The second-order valence-corrected chi connectivity index (χ2v) is 5.58. The molecule has 4 heteroatoms. The normalized spacial score (nSPS) is 23.8. The Morgan fingerprint density at radius 3 is 2.90 bits per heavy atom. The van der Waals surface area contributed by atoms with Crippen molar-refractivity contribution in [3.05, 3.63) is 34.9 Å². The summed E-state index contributed by atoms with van der Waals surface area (Å²) in [6.45, 7) is 0.746. The number of fused-ring (bicyclic) bond motifs is 2. The summed E-state index contributed by atoms with van der Waals surface area (Å²) in [5.74, 6) is 0.487. The van der Waals surface area contributed by atoms with Gasteiger partial charge in [-0.25, -0.2) is 0 Å². The molecule has 0 spiro atoms. The van der Waals surface area contributed by atoms with Crippen LogP contribution >= 0.6 is 0 Å². The van der Waals surface area contributed by atoms with Crippen LogP contribution in [0.3, 0.4) is 0 Å². The van der Waals surface area contributed by atoms with Crippen LogP contribution in [0, 0.1) is 5.92 Å². The fraction of sp³-hybridized carbons (Fsp3) is 0.375. The van der Waals surface area contributed by atoms with Crippen molar-refractivity contribution in [3.8, 4) is 5.75 Å². The first-order valence-electron chi connectivity index (χ1n) is 7.05. The Bertz CT molecular complexity index is 660. The number of carbonyl (C=O) groups excluding carboxylic acids is 2. The minimum atomic E-state index is -0.186. The molecule has 1 saturated heterocycles. The number of ether oxygens (including phenoxy) is 1. The van der Waals surface area contributed by atoms with Gasteiger partial charge in [-0.2, -0.15) is 0 Å². The van der Waals surface area contributed by atoms with Crippen LogP contribution in [0.5, 0.6) is 5.75 Å². The lowest BCUT2D eigenvalue weighted by Gasteiger charge is -2.23. The number of hydrogen-bond donors (Lipinski definition) is 1. The van der Waals surface area contributed by atoms with Crippen LogP contribution in [0.15, 0.2) is 18.2 Å². The van der Waals surface area contributed by atoms with E-state index in [0.717, 1.165) is 30.8 Å². The summed E-state index contributed by atoms with van der Waals surface area (Å²) in [6, 6.07) is 4.27. The fourth-order valence-corrected chi connectivity index (χ4v) is 3.36. The molecule has 1 aromatic rings. The number of nitrogens with one attached hydrogen (secondary N) is 1. The van der Waals surface area contributed by atoms with Gasteiger partial charge in [0.2, 0.25) is 11.8 Å². The summed E-state index contributed by atoms with van der Waals surface area (Å²) in [5, 5.41) is 2.45. The quantitative estimate of drug-likeness (QED) is 0.788. The van der Waals surface area contributed by atoms with Crippen molar-refractivity contribution >= 4 is 17.4 Å². The molecule has 4 rings (SSSR count). The van der Waals surface area contributed by atoms with Gasteiger partial charge in [0.05, 0.1) is 12.5 Å². The first-order valence-corrected chi connectivity index (χ1v) is 7.05. The van der Waals surface area contributed by atoms with E-state index in [1.54, 1.807) is 0 Å². The smallest absolute Gasteiger partial charge is 0.234 e. The van der Waals surface area contributed by atoms with Crippen LogP contribution in [0.2, 0.25) is 0 Å². The van der Waals surface area contributed by atoms with E-state index in [0.29, 0.717) is 12.8 Å². The number of rotatable bonds is 1. The summed E-state index contributed by atoms with van der Waals surface area (Å²) < 4.78 is 5.59. The SMILES string of the molecule is O=C1CCC(C2=CCc3cc4c(cc32)CCO4)C(=O)N1. The Morgan fingerprint density at radius 1 is 1.15 bits per heavy atom. The predicted molar refractivity (Wildman–Crippen MR) is 73.2 cm³/mol. The summed E-state index contributed by atoms with van der Waals surface area (Å²) in [7, 11) is 0. The van der Waals surface area contributed by atoms with E-state index < -0.39 is 0 Å². The lowest BCUT2D eigenvalue weighted by Crippen LogP contribution is -2.41. The third kappa shape index (κ3) is 1.68. The molecule has 1 unspecified atom stereocenters. The minimum Gasteiger partial charge on any atom is -0.493 e. The summed E-state index contributed by atoms with van der Waals surface area (Å²) in [4.78, 5) is 23.3. The molecular formula is C16H15NO3. The van der Waals surface area contributed by atoms with E-state index in [9.17, 15) is 9.59 Å². The standard InChI is InChI=1S/C16H15NO3/c18-15-4-3-12(16(19)17-15)11-2-1-9-8-14-10(5-6-20-14)7-13(9)11/h2,7-8,12H,1,3-6H2,(H,17,18,19). The Kier molecular flexibility index (Phi) is 2.46. The number of amides is 2. The zero-order valence-electron chi connectivity index (χ0n) is 11.1. The van der Waals surface area contributed by atoms with Crippen molar-refractivity contribution in [2.45, 2.75) is 25.7 Å². The Morgan fingerprint density at radius 2 is 2.05 bits per heavy atom. The molecule has 1 N–H and O–H groups in total. The Hall–Kier alpha value is -2.10. The molecule has 0 bridgehead atoms. The molecule has 1 atom stereocenters. The van der Waals surface area contributed by atoms with Crippen molar-refractivity contribution in [1.29, 1.82) is 0 Å². The summed E-state index contributed by atoms with van der Waals surface area (Å²) in [5.41, 5.74) is 4.71. The van der Waals surface area contributed by atoms with Crippen LogP contribution in [0.1, 0.15) is 29.5 Å². The number of hydrogen-bond acceptors (Lipinski definition) is 3. The van der Waals surface area contributed by atoms with Crippen LogP contribution in [0.4, 0.5) is 0 Å². The summed E-state index contributed by atoms with van der Waals surface area (Å²) >= 11 is 0. The minimum absolute atomic E-state index is 0.155. The Balaban J connectivity index is 1.70. The van der Waals surface area contributed by atoms with E-state index >= 15 is 0 Å². The largest absolute Gasteiger partial charge is 0.493 e.